The van der Waals surface area contributed by atoms with Crippen LogP contribution in [-0.4, -0.2) is 0 Å². The maximum Gasteiger partial charge on any atom is 0.194 e. The Bertz CT molecular complexity index is 695. The molecule has 66 valence electrons. The third-order valence-corrected chi connectivity index (χ3v) is 2.61. The van der Waals surface area contributed by atoms with E-state index in [4.69, 9.17) is 0 Å². The highest BCUT2D eigenvalue weighted by Crippen LogP contribution is 2.06. The van der Waals surface area contributed by atoms with Gasteiger partial charge in [0.2, 0.25) is 0 Å². The molecule has 0 aromatic heterocycles. The first-order valence-corrected chi connectivity index (χ1v) is 4.40. The van der Waals surface area contributed by atoms with Crippen LogP contribution in [0.3, 0.4) is 0 Å². The van der Waals surface area contributed by atoms with Crippen LogP contribution in [0.5, 0.6) is 0 Å². The Morgan fingerprint density at radius 2 is 1.07 bits per heavy atom. The molecule has 0 N–H and O–H groups in total. The summed E-state index contributed by atoms with van der Waals surface area (Å²) in [4.78, 5) is 23.5. The van der Waals surface area contributed by atoms with Crippen molar-refractivity contribution >= 4 is 10.8 Å². The summed E-state index contributed by atoms with van der Waals surface area (Å²) >= 11 is 0. The van der Waals surface area contributed by atoms with Gasteiger partial charge in [-0.25, -0.2) is 0 Å². The normalized spacial score (nSPS) is 11.4. The molecule has 2 nitrogen and oxygen atoms in total. The monoisotopic (exact) mass is 182 g/mol. The van der Waals surface area contributed by atoms with Crippen molar-refractivity contribution < 1.29 is 0 Å². The lowest BCUT2D eigenvalue weighted by atomic mass is 10.0. The SMILES string of the molecule is O=c1c2ccc=2c(=O)c2ccccc12. The molecule has 0 saturated carbocycles. The zero-order chi connectivity index (χ0) is 9.71. The molecule has 2 aliphatic carbocycles. The molecule has 0 aliphatic heterocycles. The van der Waals surface area contributed by atoms with Gasteiger partial charge in [0.1, 0.15) is 0 Å². The van der Waals surface area contributed by atoms with Gasteiger partial charge in [0.25, 0.3) is 0 Å². The smallest absolute Gasteiger partial charge is 0.194 e. The van der Waals surface area contributed by atoms with Crippen LogP contribution >= 0.6 is 0 Å². The zero-order valence-corrected chi connectivity index (χ0v) is 7.28. The quantitative estimate of drug-likeness (QED) is 0.522. The fourth-order valence-electron chi connectivity index (χ4n) is 1.82. The number of rotatable bonds is 0. The third-order valence-electron chi connectivity index (χ3n) is 2.61. The summed E-state index contributed by atoms with van der Waals surface area (Å²) in [5.74, 6) is 0. The summed E-state index contributed by atoms with van der Waals surface area (Å²) in [6, 6.07) is 10.4. The molecular formula is C12H6O2. The van der Waals surface area contributed by atoms with Crippen molar-refractivity contribution in [1.29, 1.82) is 0 Å². The second-order valence-corrected chi connectivity index (χ2v) is 3.36. The Hall–Kier alpha value is -1.96. The average Bonchev–Trinajstić information content (AvgIpc) is 2.14. The number of hydrogen-bond acceptors (Lipinski definition) is 2. The fourth-order valence-corrected chi connectivity index (χ4v) is 1.82. The van der Waals surface area contributed by atoms with Gasteiger partial charge in [-0.3, -0.25) is 9.59 Å². The molecule has 0 heterocycles. The summed E-state index contributed by atoms with van der Waals surface area (Å²) in [5.41, 5.74) is -0.0598. The second-order valence-electron chi connectivity index (χ2n) is 3.36. The van der Waals surface area contributed by atoms with E-state index in [0.29, 0.717) is 21.2 Å². The lowest BCUT2D eigenvalue weighted by Crippen LogP contribution is -2.16. The van der Waals surface area contributed by atoms with E-state index in [0.717, 1.165) is 0 Å². The van der Waals surface area contributed by atoms with Gasteiger partial charge >= 0.3 is 0 Å². The van der Waals surface area contributed by atoms with Crippen molar-refractivity contribution in [3.05, 3.63) is 67.3 Å². The first-order valence-electron chi connectivity index (χ1n) is 4.40. The zero-order valence-electron chi connectivity index (χ0n) is 7.28. The average molecular weight is 182 g/mol. The Morgan fingerprint density at radius 3 is 1.43 bits per heavy atom. The molecule has 3 rings (SSSR count). The van der Waals surface area contributed by atoms with Gasteiger partial charge in [0.15, 0.2) is 10.9 Å². The van der Waals surface area contributed by atoms with Crippen LogP contribution in [0.2, 0.25) is 0 Å². The molecule has 0 atom stereocenters. The molecule has 0 radical (unpaired) electrons. The van der Waals surface area contributed by atoms with E-state index in [1.807, 2.05) is 0 Å². The van der Waals surface area contributed by atoms with Crippen LogP contribution in [0.1, 0.15) is 0 Å². The van der Waals surface area contributed by atoms with Crippen LogP contribution in [0.15, 0.2) is 46.0 Å². The van der Waals surface area contributed by atoms with E-state index >= 15 is 0 Å². The summed E-state index contributed by atoms with van der Waals surface area (Å²) in [6.07, 6.45) is 0. The Kier molecular flexibility index (Phi) is 1.22. The maximum atomic E-state index is 11.8. The van der Waals surface area contributed by atoms with E-state index in [1.54, 1.807) is 36.4 Å². The Balaban J connectivity index is 2.88. The molecule has 1 aromatic rings. The van der Waals surface area contributed by atoms with Gasteiger partial charge in [0.05, 0.1) is 0 Å². The van der Waals surface area contributed by atoms with E-state index < -0.39 is 0 Å². The maximum absolute atomic E-state index is 11.8. The van der Waals surface area contributed by atoms with Crippen LogP contribution in [-0.2, 0) is 0 Å². The van der Waals surface area contributed by atoms with Crippen molar-refractivity contribution in [1.82, 2.24) is 0 Å². The molecule has 2 heteroatoms. The Labute approximate surface area is 78.8 Å². The van der Waals surface area contributed by atoms with E-state index in [9.17, 15) is 9.59 Å². The highest BCUT2D eigenvalue weighted by Gasteiger charge is 2.07. The Morgan fingerprint density at radius 1 is 0.643 bits per heavy atom. The van der Waals surface area contributed by atoms with Crippen LogP contribution in [0.25, 0.3) is 10.8 Å². The summed E-state index contributed by atoms with van der Waals surface area (Å²) in [7, 11) is 0. The standard InChI is InChI=1S/C12H6O2/c13-11-7-3-1-2-4-8(7)12(14)10-6-5-9(10)11/h1-6H. The van der Waals surface area contributed by atoms with Gasteiger partial charge < -0.3 is 0 Å². The van der Waals surface area contributed by atoms with E-state index in [2.05, 4.69) is 0 Å². The first kappa shape index (κ1) is 7.44. The van der Waals surface area contributed by atoms with E-state index in [1.165, 1.54) is 0 Å². The third kappa shape index (κ3) is 0.708. The number of hydrogen-bond donors (Lipinski definition) is 0. The highest BCUT2D eigenvalue weighted by molar-refractivity contribution is 5.82. The van der Waals surface area contributed by atoms with Crippen LogP contribution < -0.4 is 10.9 Å². The summed E-state index contributed by atoms with van der Waals surface area (Å²) in [6.45, 7) is 0. The topological polar surface area (TPSA) is 34.1 Å². The molecule has 2 aliphatic rings. The molecule has 0 unspecified atom stereocenters. The van der Waals surface area contributed by atoms with Crippen LogP contribution in [0, 0.1) is 10.4 Å². The molecule has 0 amide bonds. The lowest BCUT2D eigenvalue weighted by molar-refractivity contribution is 1.36. The molecule has 0 bridgehead atoms. The molecule has 0 spiro atoms. The van der Waals surface area contributed by atoms with Gasteiger partial charge in [-0.05, 0) is 12.1 Å². The predicted octanol–water partition coefficient (Wildman–Crippen LogP) is 1.16. The van der Waals surface area contributed by atoms with Crippen molar-refractivity contribution in [3.63, 3.8) is 0 Å². The van der Waals surface area contributed by atoms with Gasteiger partial charge in [-0.2, -0.15) is 0 Å². The van der Waals surface area contributed by atoms with Crippen molar-refractivity contribution in [2.75, 3.05) is 0 Å². The number of fused-ring (bicyclic) bond motifs is 1. The minimum Gasteiger partial charge on any atom is -0.289 e. The lowest BCUT2D eigenvalue weighted by Gasteiger charge is -1.98. The fraction of sp³-hybridized carbons (Fsp3) is 0. The van der Waals surface area contributed by atoms with Crippen LogP contribution in [0.4, 0.5) is 0 Å². The second kappa shape index (κ2) is 2.29. The van der Waals surface area contributed by atoms with Gasteiger partial charge in [-0.1, -0.05) is 24.3 Å². The van der Waals surface area contributed by atoms with Crippen molar-refractivity contribution in [2.45, 2.75) is 0 Å². The van der Waals surface area contributed by atoms with Crippen molar-refractivity contribution in [2.24, 2.45) is 0 Å². The molecule has 14 heavy (non-hydrogen) atoms. The van der Waals surface area contributed by atoms with Crippen molar-refractivity contribution in [3.8, 4) is 0 Å². The minimum atomic E-state index is -0.0299. The molecular weight excluding hydrogens is 176 g/mol. The van der Waals surface area contributed by atoms with E-state index in [-0.39, 0.29) is 10.9 Å². The highest BCUT2D eigenvalue weighted by atomic mass is 16.1. The van der Waals surface area contributed by atoms with Gasteiger partial charge in [0, 0.05) is 21.2 Å². The largest absolute Gasteiger partial charge is 0.289 e. The van der Waals surface area contributed by atoms with Gasteiger partial charge in [-0.15, -0.1) is 0 Å². The molecule has 0 fully saturated rings. The number of benzene rings is 1. The minimum absolute atomic E-state index is 0.0299. The molecule has 1 aromatic carbocycles. The first-order chi connectivity index (χ1) is 6.79. The predicted molar refractivity (Wildman–Crippen MR) is 54.2 cm³/mol. The summed E-state index contributed by atoms with van der Waals surface area (Å²) in [5, 5.41) is 2.18. The summed E-state index contributed by atoms with van der Waals surface area (Å²) < 4.78 is 0. The molecule has 0 saturated heterocycles.